The molecule has 0 spiro atoms. The standard InChI is InChI=1S/C21H32N4O8/c1-30-10-4-5-22-20(26)15-23-6-8-24(9-7-23)21(27)16-13-18(32-3)19(33-12-11-31-2)14-17(16)25(28)29/h13-14H,4-12,15H2,1-3H3,(H,22,26). The number of methoxy groups -OCH3 is 3. The molecule has 0 radical (unpaired) electrons. The maximum atomic E-state index is 13.1. The summed E-state index contributed by atoms with van der Waals surface area (Å²) in [5.74, 6) is -0.162. The average Bonchev–Trinajstić information content (AvgIpc) is 2.81. The van der Waals surface area contributed by atoms with Crippen molar-refractivity contribution in [2.45, 2.75) is 6.42 Å². The molecule has 1 aliphatic heterocycles. The molecule has 2 rings (SSSR count). The molecular formula is C21H32N4O8. The Morgan fingerprint density at radius 3 is 2.33 bits per heavy atom. The molecule has 2 amide bonds. The number of nitro benzene ring substituents is 1. The van der Waals surface area contributed by atoms with Crippen molar-refractivity contribution in [3.05, 3.63) is 27.8 Å². The molecule has 1 aromatic rings. The Labute approximate surface area is 192 Å². The fraction of sp³-hybridized carbons (Fsp3) is 0.619. The molecule has 0 aliphatic carbocycles. The first kappa shape index (κ1) is 26.3. The Bertz CT molecular complexity index is 812. The van der Waals surface area contributed by atoms with Gasteiger partial charge >= 0.3 is 0 Å². The van der Waals surface area contributed by atoms with Crippen molar-refractivity contribution in [1.29, 1.82) is 0 Å². The Balaban J connectivity index is 2.01. The second-order valence-electron chi connectivity index (χ2n) is 7.38. The van der Waals surface area contributed by atoms with Crippen LogP contribution in [0.4, 0.5) is 5.69 Å². The van der Waals surface area contributed by atoms with E-state index in [4.69, 9.17) is 18.9 Å². The van der Waals surface area contributed by atoms with Gasteiger partial charge in [0.05, 0.1) is 31.3 Å². The molecule has 0 atom stereocenters. The predicted molar refractivity (Wildman–Crippen MR) is 119 cm³/mol. The van der Waals surface area contributed by atoms with E-state index in [0.717, 1.165) is 6.42 Å². The summed E-state index contributed by atoms with van der Waals surface area (Å²) in [5, 5.41) is 14.5. The summed E-state index contributed by atoms with van der Waals surface area (Å²) >= 11 is 0. The Kier molecular flexibility index (Phi) is 10.8. The minimum absolute atomic E-state index is 0.0692. The third-order valence-electron chi connectivity index (χ3n) is 5.13. The van der Waals surface area contributed by atoms with Crippen LogP contribution in [-0.4, -0.2) is 107 Å². The molecular weight excluding hydrogens is 436 g/mol. The number of nitrogens with one attached hydrogen (secondary N) is 1. The fourth-order valence-corrected chi connectivity index (χ4v) is 3.36. The second kappa shape index (κ2) is 13.6. The minimum Gasteiger partial charge on any atom is -0.493 e. The number of amides is 2. The largest absolute Gasteiger partial charge is 0.493 e. The van der Waals surface area contributed by atoms with E-state index in [-0.39, 0.29) is 41.8 Å². The zero-order valence-electron chi connectivity index (χ0n) is 19.3. The van der Waals surface area contributed by atoms with Crippen molar-refractivity contribution in [1.82, 2.24) is 15.1 Å². The smallest absolute Gasteiger partial charge is 0.286 e. The van der Waals surface area contributed by atoms with Crippen molar-refractivity contribution < 1.29 is 33.5 Å². The van der Waals surface area contributed by atoms with Gasteiger partial charge in [-0.3, -0.25) is 24.6 Å². The van der Waals surface area contributed by atoms with Gasteiger partial charge in [0.15, 0.2) is 11.5 Å². The van der Waals surface area contributed by atoms with Crippen LogP contribution < -0.4 is 14.8 Å². The third kappa shape index (κ3) is 7.84. The Hall–Kier alpha value is -2.96. The third-order valence-corrected chi connectivity index (χ3v) is 5.13. The van der Waals surface area contributed by atoms with Gasteiger partial charge in [-0.15, -0.1) is 0 Å². The van der Waals surface area contributed by atoms with E-state index >= 15 is 0 Å². The van der Waals surface area contributed by atoms with Gasteiger partial charge in [-0.05, 0) is 6.42 Å². The van der Waals surface area contributed by atoms with Gasteiger partial charge in [-0.2, -0.15) is 0 Å². The van der Waals surface area contributed by atoms with Gasteiger partial charge in [0.25, 0.3) is 11.6 Å². The molecule has 12 nitrogen and oxygen atoms in total. The zero-order valence-corrected chi connectivity index (χ0v) is 19.3. The van der Waals surface area contributed by atoms with E-state index in [0.29, 0.717) is 45.9 Å². The number of benzene rings is 1. The summed E-state index contributed by atoms with van der Waals surface area (Å²) in [6.45, 7) is 3.51. The average molecular weight is 469 g/mol. The number of piperazine rings is 1. The van der Waals surface area contributed by atoms with Crippen molar-refractivity contribution in [3.63, 3.8) is 0 Å². The summed E-state index contributed by atoms with van der Waals surface area (Å²) < 4.78 is 20.7. The number of carbonyl (C=O) groups excluding carboxylic acids is 2. The maximum absolute atomic E-state index is 13.1. The van der Waals surface area contributed by atoms with E-state index in [2.05, 4.69) is 5.32 Å². The monoisotopic (exact) mass is 468 g/mol. The molecule has 12 heteroatoms. The van der Waals surface area contributed by atoms with Crippen molar-refractivity contribution >= 4 is 17.5 Å². The summed E-state index contributed by atoms with van der Waals surface area (Å²) in [6.07, 6.45) is 0.739. The van der Waals surface area contributed by atoms with Crippen LogP contribution in [0, 0.1) is 10.1 Å². The van der Waals surface area contributed by atoms with Crippen LogP contribution in [-0.2, 0) is 14.3 Å². The maximum Gasteiger partial charge on any atom is 0.286 e. The molecule has 1 N–H and O–H groups in total. The van der Waals surface area contributed by atoms with E-state index in [1.807, 2.05) is 4.90 Å². The second-order valence-corrected chi connectivity index (χ2v) is 7.38. The topological polar surface area (TPSA) is 133 Å². The summed E-state index contributed by atoms with van der Waals surface area (Å²) in [7, 11) is 4.52. The molecule has 0 saturated carbocycles. The fourth-order valence-electron chi connectivity index (χ4n) is 3.36. The highest BCUT2D eigenvalue weighted by Gasteiger charge is 2.30. The van der Waals surface area contributed by atoms with Gasteiger partial charge in [-0.1, -0.05) is 0 Å². The lowest BCUT2D eigenvalue weighted by Gasteiger charge is -2.34. The molecule has 1 saturated heterocycles. The van der Waals surface area contributed by atoms with Gasteiger partial charge in [0.2, 0.25) is 5.91 Å². The number of rotatable bonds is 13. The number of hydrogen-bond acceptors (Lipinski definition) is 9. The predicted octanol–water partition coefficient (Wildman–Crippen LogP) is 0.539. The summed E-state index contributed by atoms with van der Waals surface area (Å²) in [6, 6.07) is 2.54. The highest BCUT2D eigenvalue weighted by atomic mass is 16.6. The molecule has 33 heavy (non-hydrogen) atoms. The highest BCUT2D eigenvalue weighted by Crippen LogP contribution is 2.35. The number of carbonyl (C=O) groups is 2. The first-order chi connectivity index (χ1) is 15.9. The lowest BCUT2D eigenvalue weighted by Crippen LogP contribution is -2.51. The lowest BCUT2D eigenvalue weighted by atomic mass is 10.1. The molecule has 0 aromatic heterocycles. The normalized spacial score (nSPS) is 14.1. The minimum atomic E-state index is -0.611. The van der Waals surface area contributed by atoms with Crippen molar-refractivity contribution in [2.75, 3.05) is 80.4 Å². The van der Waals surface area contributed by atoms with Crippen molar-refractivity contribution in [3.8, 4) is 11.5 Å². The van der Waals surface area contributed by atoms with Crippen LogP contribution in [0.15, 0.2) is 12.1 Å². The molecule has 1 fully saturated rings. The van der Waals surface area contributed by atoms with Gasteiger partial charge < -0.3 is 29.2 Å². The van der Waals surface area contributed by atoms with Crippen LogP contribution in [0.25, 0.3) is 0 Å². The summed E-state index contributed by atoms with van der Waals surface area (Å²) in [4.78, 5) is 39.7. The van der Waals surface area contributed by atoms with Gasteiger partial charge in [-0.25, -0.2) is 0 Å². The van der Waals surface area contributed by atoms with Crippen LogP contribution in [0.1, 0.15) is 16.8 Å². The number of ether oxygens (including phenoxy) is 4. The van der Waals surface area contributed by atoms with Gasteiger partial charge in [0.1, 0.15) is 12.2 Å². The molecule has 1 aliphatic rings. The van der Waals surface area contributed by atoms with Crippen LogP contribution in [0.3, 0.4) is 0 Å². The summed E-state index contributed by atoms with van der Waals surface area (Å²) in [5.41, 5.74) is -0.425. The number of nitro groups is 1. The van der Waals surface area contributed by atoms with Crippen molar-refractivity contribution in [2.24, 2.45) is 0 Å². The first-order valence-electron chi connectivity index (χ1n) is 10.7. The highest BCUT2D eigenvalue weighted by molar-refractivity contribution is 5.99. The molecule has 1 heterocycles. The SMILES string of the molecule is COCCCNC(=O)CN1CCN(C(=O)c2cc(OC)c(OCCOC)cc2[N+](=O)[O-])CC1. The first-order valence-corrected chi connectivity index (χ1v) is 10.7. The molecule has 0 unspecified atom stereocenters. The van der Waals surface area contributed by atoms with Gasteiger partial charge in [0, 0.05) is 59.6 Å². The molecule has 1 aromatic carbocycles. The van der Waals surface area contributed by atoms with E-state index in [9.17, 15) is 19.7 Å². The molecule has 184 valence electrons. The quantitative estimate of drug-likeness (QED) is 0.250. The Morgan fingerprint density at radius 1 is 1.03 bits per heavy atom. The lowest BCUT2D eigenvalue weighted by molar-refractivity contribution is -0.385. The molecule has 0 bridgehead atoms. The van der Waals surface area contributed by atoms with Crippen LogP contribution in [0.5, 0.6) is 11.5 Å². The van der Waals surface area contributed by atoms with E-state index in [1.165, 1.54) is 26.4 Å². The van der Waals surface area contributed by atoms with E-state index in [1.54, 1.807) is 12.0 Å². The van der Waals surface area contributed by atoms with E-state index < -0.39 is 10.8 Å². The zero-order chi connectivity index (χ0) is 24.2. The number of nitrogens with zero attached hydrogens (tertiary/aromatic N) is 3. The number of hydrogen-bond donors (Lipinski definition) is 1. The van der Waals surface area contributed by atoms with Crippen LogP contribution in [0.2, 0.25) is 0 Å². The Morgan fingerprint density at radius 2 is 1.73 bits per heavy atom. The van der Waals surface area contributed by atoms with Crippen LogP contribution >= 0.6 is 0 Å².